The molecule has 0 atom stereocenters. The zero-order valence-corrected chi connectivity index (χ0v) is 17.2. The Bertz CT molecular complexity index is 1210. The van der Waals surface area contributed by atoms with Crippen molar-refractivity contribution in [3.05, 3.63) is 69.3 Å². The highest BCUT2D eigenvalue weighted by Gasteiger charge is 2.43. The van der Waals surface area contributed by atoms with E-state index in [2.05, 4.69) is 36.8 Å². The molecule has 148 valence electrons. The minimum Gasteiger partial charge on any atom is -0.378 e. The van der Waals surface area contributed by atoms with Crippen LogP contribution in [0.15, 0.2) is 35.9 Å². The standard InChI is InChI=1S/C26H22N2O2/c1-4-17-12-20-21(14-23(17)28-7-9-30-10-8-28)26(2,3)22-13-18-11-16(15-27)5-6-19(18)24(22)25(20)29/h1,5-6,11-12,14H,7-10,13H2,2-3H3. The normalized spacial score (nSPS) is 18.9. The van der Waals surface area contributed by atoms with Crippen LogP contribution in [-0.4, -0.2) is 32.1 Å². The maximum Gasteiger partial charge on any atom is 0.193 e. The molecule has 4 nitrogen and oxygen atoms in total. The van der Waals surface area contributed by atoms with Gasteiger partial charge in [-0.25, -0.2) is 0 Å². The highest BCUT2D eigenvalue weighted by Crippen LogP contribution is 2.51. The third-order valence-electron chi connectivity index (χ3n) is 6.72. The largest absolute Gasteiger partial charge is 0.378 e. The number of hydrogen-bond acceptors (Lipinski definition) is 4. The molecule has 0 unspecified atom stereocenters. The van der Waals surface area contributed by atoms with Crippen LogP contribution in [0, 0.1) is 23.7 Å². The summed E-state index contributed by atoms with van der Waals surface area (Å²) in [4.78, 5) is 15.9. The van der Waals surface area contributed by atoms with Gasteiger partial charge in [0.1, 0.15) is 0 Å². The summed E-state index contributed by atoms with van der Waals surface area (Å²) in [5.41, 5.74) is 7.72. The summed E-state index contributed by atoms with van der Waals surface area (Å²) in [6.45, 7) is 7.30. The Morgan fingerprint density at radius 2 is 1.90 bits per heavy atom. The molecule has 0 spiro atoms. The number of morpholine rings is 1. The van der Waals surface area contributed by atoms with Crippen LogP contribution in [0.1, 0.15) is 52.0 Å². The van der Waals surface area contributed by atoms with Crippen LogP contribution in [0.2, 0.25) is 0 Å². The number of carbonyl (C=O) groups is 1. The van der Waals surface area contributed by atoms with E-state index in [0.29, 0.717) is 30.8 Å². The minimum absolute atomic E-state index is 0.0350. The van der Waals surface area contributed by atoms with E-state index in [-0.39, 0.29) is 11.2 Å². The third-order valence-corrected chi connectivity index (χ3v) is 6.72. The van der Waals surface area contributed by atoms with Crippen LogP contribution in [-0.2, 0) is 16.6 Å². The molecule has 1 saturated heterocycles. The fraction of sp³-hybridized carbons (Fsp3) is 0.308. The van der Waals surface area contributed by atoms with Crippen LogP contribution >= 0.6 is 0 Å². The first-order valence-electron chi connectivity index (χ1n) is 10.2. The van der Waals surface area contributed by atoms with Gasteiger partial charge in [-0.3, -0.25) is 4.79 Å². The van der Waals surface area contributed by atoms with Crippen molar-refractivity contribution in [3.63, 3.8) is 0 Å². The Morgan fingerprint density at radius 3 is 2.60 bits per heavy atom. The summed E-state index contributed by atoms with van der Waals surface area (Å²) in [5, 5.41) is 9.27. The summed E-state index contributed by atoms with van der Waals surface area (Å²) in [5.74, 6) is 2.83. The Balaban J connectivity index is 1.68. The van der Waals surface area contributed by atoms with Crippen LogP contribution in [0.25, 0.3) is 5.57 Å². The number of allylic oxidation sites excluding steroid dienone is 2. The molecule has 4 heteroatoms. The van der Waals surface area contributed by atoms with Gasteiger partial charge >= 0.3 is 0 Å². The van der Waals surface area contributed by atoms with Gasteiger partial charge in [0.25, 0.3) is 0 Å². The van der Waals surface area contributed by atoms with Crippen molar-refractivity contribution in [2.24, 2.45) is 0 Å². The average molecular weight is 394 g/mol. The molecule has 0 radical (unpaired) electrons. The van der Waals surface area contributed by atoms with E-state index in [1.807, 2.05) is 18.2 Å². The highest BCUT2D eigenvalue weighted by atomic mass is 16.5. The Morgan fingerprint density at radius 1 is 1.13 bits per heavy atom. The van der Waals surface area contributed by atoms with Gasteiger partial charge in [-0.2, -0.15) is 5.26 Å². The molecule has 0 amide bonds. The molecule has 0 bridgehead atoms. The summed E-state index contributed by atoms with van der Waals surface area (Å²) >= 11 is 0. The topological polar surface area (TPSA) is 53.3 Å². The number of terminal acetylenes is 1. The zero-order chi connectivity index (χ0) is 21.0. The van der Waals surface area contributed by atoms with Gasteiger partial charge in [-0.05, 0) is 52.9 Å². The number of Topliss-reactive ketones (excluding diaryl/α,β-unsaturated/α-hetero) is 1. The number of nitrogens with zero attached hydrogens (tertiary/aromatic N) is 2. The van der Waals surface area contributed by atoms with Crippen molar-refractivity contribution in [2.75, 3.05) is 31.2 Å². The molecule has 0 saturated carbocycles. The quantitative estimate of drug-likeness (QED) is 0.690. The molecule has 2 aliphatic carbocycles. The predicted octanol–water partition coefficient (Wildman–Crippen LogP) is 3.86. The van der Waals surface area contributed by atoms with Gasteiger partial charge in [0.2, 0.25) is 0 Å². The van der Waals surface area contributed by atoms with Crippen molar-refractivity contribution in [2.45, 2.75) is 25.7 Å². The minimum atomic E-state index is -0.307. The Hall–Kier alpha value is -3.34. The van der Waals surface area contributed by atoms with E-state index in [9.17, 15) is 10.1 Å². The molecule has 0 N–H and O–H groups in total. The SMILES string of the molecule is C#Cc1cc2c(cc1N1CCOCC1)C(C)(C)C1=C(C2=O)c2ccc(C#N)cc2C1. The van der Waals surface area contributed by atoms with Gasteiger partial charge in [0.05, 0.1) is 30.5 Å². The van der Waals surface area contributed by atoms with E-state index in [0.717, 1.165) is 52.2 Å². The summed E-state index contributed by atoms with van der Waals surface area (Å²) in [6.07, 6.45) is 6.55. The van der Waals surface area contributed by atoms with Gasteiger partial charge in [0, 0.05) is 35.2 Å². The zero-order valence-electron chi connectivity index (χ0n) is 17.2. The van der Waals surface area contributed by atoms with Crippen molar-refractivity contribution >= 4 is 17.0 Å². The molecular formula is C26H22N2O2. The number of nitriles is 1. The fourth-order valence-corrected chi connectivity index (χ4v) is 5.06. The van der Waals surface area contributed by atoms with Gasteiger partial charge in [-0.1, -0.05) is 25.8 Å². The lowest BCUT2D eigenvalue weighted by molar-refractivity contribution is 0.105. The molecule has 1 aliphatic heterocycles. The first-order valence-corrected chi connectivity index (χ1v) is 10.2. The molecular weight excluding hydrogens is 372 g/mol. The summed E-state index contributed by atoms with van der Waals surface area (Å²) < 4.78 is 5.50. The predicted molar refractivity (Wildman–Crippen MR) is 117 cm³/mol. The molecule has 1 fully saturated rings. The van der Waals surface area contributed by atoms with Crippen molar-refractivity contribution in [3.8, 4) is 18.4 Å². The number of benzene rings is 2. The second kappa shape index (κ2) is 6.59. The van der Waals surface area contributed by atoms with E-state index < -0.39 is 0 Å². The first kappa shape index (κ1) is 18.7. The number of rotatable bonds is 1. The molecule has 1 heterocycles. The van der Waals surface area contributed by atoms with Crippen LogP contribution in [0.5, 0.6) is 0 Å². The van der Waals surface area contributed by atoms with Gasteiger partial charge in [0.15, 0.2) is 5.78 Å². The van der Waals surface area contributed by atoms with Crippen molar-refractivity contribution in [1.29, 1.82) is 5.26 Å². The second-order valence-electron chi connectivity index (χ2n) is 8.63. The number of ether oxygens (including phenoxy) is 1. The lowest BCUT2D eigenvalue weighted by atomic mass is 9.68. The molecule has 30 heavy (non-hydrogen) atoms. The van der Waals surface area contributed by atoms with Crippen molar-refractivity contribution < 1.29 is 9.53 Å². The number of carbonyl (C=O) groups excluding carboxylic acids is 1. The van der Waals surface area contributed by atoms with Crippen LogP contribution in [0.3, 0.4) is 0 Å². The first-order chi connectivity index (χ1) is 14.5. The van der Waals surface area contributed by atoms with E-state index in [1.165, 1.54) is 0 Å². The maximum absolute atomic E-state index is 13.6. The second-order valence-corrected chi connectivity index (χ2v) is 8.63. The third kappa shape index (κ3) is 2.54. The Labute approximate surface area is 176 Å². The van der Waals surface area contributed by atoms with Gasteiger partial charge < -0.3 is 9.64 Å². The van der Waals surface area contributed by atoms with Gasteiger partial charge in [-0.15, -0.1) is 6.42 Å². The van der Waals surface area contributed by atoms with Crippen LogP contribution in [0.4, 0.5) is 5.69 Å². The number of hydrogen-bond donors (Lipinski definition) is 0. The maximum atomic E-state index is 13.6. The summed E-state index contributed by atoms with van der Waals surface area (Å²) in [6, 6.07) is 11.8. The Kier molecular flexibility index (Phi) is 4.10. The molecule has 2 aromatic rings. The van der Waals surface area contributed by atoms with E-state index >= 15 is 0 Å². The average Bonchev–Trinajstić information content (AvgIpc) is 3.17. The van der Waals surface area contributed by atoms with Crippen molar-refractivity contribution in [1.82, 2.24) is 0 Å². The fourth-order valence-electron chi connectivity index (χ4n) is 5.06. The number of anilines is 1. The molecule has 5 rings (SSSR count). The molecule has 0 aromatic heterocycles. The monoisotopic (exact) mass is 394 g/mol. The van der Waals surface area contributed by atoms with E-state index in [4.69, 9.17) is 11.2 Å². The smallest absolute Gasteiger partial charge is 0.193 e. The summed E-state index contributed by atoms with van der Waals surface area (Å²) in [7, 11) is 0. The highest BCUT2D eigenvalue weighted by molar-refractivity contribution is 6.33. The molecule has 2 aromatic carbocycles. The molecule has 3 aliphatic rings. The van der Waals surface area contributed by atoms with Crippen LogP contribution < -0.4 is 4.90 Å². The number of ketones is 1. The number of fused-ring (bicyclic) bond motifs is 3. The lowest BCUT2D eigenvalue weighted by Crippen LogP contribution is -2.37. The van der Waals surface area contributed by atoms with E-state index in [1.54, 1.807) is 6.07 Å². The lowest BCUT2D eigenvalue weighted by Gasteiger charge is -2.37.